The number of likely N-dealkylation sites (tertiary alicyclic amines) is 2. The first-order valence-electron chi connectivity index (χ1n) is 8.13. The van der Waals surface area contributed by atoms with Crippen LogP contribution in [0.4, 0.5) is 4.79 Å². The van der Waals surface area contributed by atoms with E-state index in [1.165, 1.54) is 0 Å². The molecule has 2 saturated heterocycles. The number of fused-ring (bicyclic) bond motifs is 1. The Labute approximate surface area is 142 Å². The molecule has 0 N–H and O–H groups in total. The third-order valence-electron chi connectivity index (χ3n) is 4.92. The minimum Gasteiger partial charge on any atom is -0.381 e. The summed E-state index contributed by atoms with van der Waals surface area (Å²) in [5, 5.41) is 3.24. The fourth-order valence-electron chi connectivity index (χ4n) is 3.86. The van der Waals surface area contributed by atoms with Crippen LogP contribution < -0.4 is 0 Å². The zero-order valence-electron chi connectivity index (χ0n) is 14.4. The number of aryl methyl sites for hydroxylation is 1. The van der Waals surface area contributed by atoms with Gasteiger partial charge in [-0.2, -0.15) is 0 Å². The topological polar surface area (TPSA) is 48.9 Å². The third-order valence-corrected chi connectivity index (χ3v) is 5.75. The van der Waals surface area contributed by atoms with Crippen LogP contribution in [0, 0.1) is 12.8 Å². The van der Waals surface area contributed by atoms with Crippen molar-refractivity contribution in [2.24, 2.45) is 5.92 Å². The highest BCUT2D eigenvalue weighted by atomic mass is 32.1. The third kappa shape index (κ3) is 3.36. The molecule has 0 bridgehead atoms. The van der Waals surface area contributed by atoms with Crippen molar-refractivity contribution in [3.05, 3.63) is 16.1 Å². The maximum atomic E-state index is 12.5. The van der Waals surface area contributed by atoms with Gasteiger partial charge in [-0.1, -0.05) is 0 Å². The number of thiazole rings is 1. The molecular weight excluding hydrogens is 312 g/mol. The number of methoxy groups -OCH3 is 1. The first-order valence-corrected chi connectivity index (χ1v) is 9.01. The molecule has 2 aliphatic rings. The van der Waals surface area contributed by atoms with Gasteiger partial charge in [-0.25, -0.2) is 9.78 Å². The van der Waals surface area contributed by atoms with Crippen LogP contribution >= 0.6 is 11.3 Å². The van der Waals surface area contributed by atoms with Crippen LogP contribution in [0.1, 0.15) is 17.1 Å². The molecule has 3 rings (SSSR count). The highest BCUT2D eigenvalue weighted by Gasteiger charge is 2.46. The van der Waals surface area contributed by atoms with Crippen molar-refractivity contribution in [1.29, 1.82) is 0 Å². The van der Waals surface area contributed by atoms with E-state index in [0.717, 1.165) is 43.3 Å². The van der Waals surface area contributed by atoms with Gasteiger partial charge >= 0.3 is 6.03 Å². The summed E-state index contributed by atoms with van der Waals surface area (Å²) in [5.74, 6) is 0.386. The van der Waals surface area contributed by atoms with E-state index in [0.29, 0.717) is 5.92 Å². The number of amides is 2. The summed E-state index contributed by atoms with van der Waals surface area (Å²) in [6, 6.07) is 0.351. The summed E-state index contributed by atoms with van der Waals surface area (Å²) < 4.78 is 5.70. The van der Waals surface area contributed by atoms with Gasteiger partial charge < -0.3 is 14.5 Å². The second-order valence-electron chi connectivity index (χ2n) is 6.72. The van der Waals surface area contributed by atoms with Gasteiger partial charge in [0.05, 0.1) is 22.8 Å². The van der Waals surface area contributed by atoms with Crippen molar-refractivity contribution in [2.45, 2.75) is 32.0 Å². The van der Waals surface area contributed by atoms with Crippen LogP contribution in [0.5, 0.6) is 0 Å². The monoisotopic (exact) mass is 338 g/mol. The van der Waals surface area contributed by atoms with Crippen molar-refractivity contribution < 1.29 is 9.53 Å². The van der Waals surface area contributed by atoms with Crippen LogP contribution in [-0.2, 0) is 11.3 Å². The molecule has 7 heteroatoms. The number of piperidine rings is 1. The van der Waals surface area contributed by atoms with Crippen molar-refractivity contribution in [3.8, 4) is 0 Å². The van der Waals surface area contributed by atoms with E-state index in [2.05, 4.69) is 15.3 Å². The molecule has 23 heavy (non-hydrogen) atoms. The standard InChI is InChI=1S/C16H26N4O2S/c1-11-17-12(10-23-11)7-19-8-13-14(9-19)20(16(21)18(2)3)6-5-15(13)22-4/h10,13-15H,5-9H2,1-4H3/t13-,14+,15-/m0/s1. The smallest absolute Gasteiger partial charge is 0.319 e. The Hall–Kier alpha value is -1.18. The fourth-order valence-corrected chi connectivity index (χ4v) is 4.47. The van der Waals surface area contributed by atoms with Crippen LogP contribution in [0.3, 0.4) is 0 Å². The molecule has 0 aliphatic carbocycles. The van der Waals surface area contributed by atoms with Gasteiger partial charge in [0.2, 0.25) is 0 Å². The molecule has 0 saturated carbocycles. The first-order chi connectivity index (χ1) is 11.0. The normalized spacial score (nSPS) is 28.0. The van der Waals surface area contributed by atoms with Crippen molar-refractivity contribution in [2.75, 3.05) is 40.8 Å². The number of urea groups is 1. The zero-order valence-corrected chi connectivity index (χ0v) is 15.2. The SMILES string of the molecule is CO[C@H]1CCN(C(=O)N(C)C)[C@@H]2CN(Cc3csc(C)n3)C[C@H]12. The number of carbonyl (C=O) groups excluding carboxylic acids is 1. The Morgan fingerprint density at radius 1 is 1.48 bits per heavy atom. The van der Waals surface area contributed by atoms with Crippen molar-refractivity contribution in [3.63, 3.8) is 0 Å². The molecule has 6 nitrogen and oxygen atoms in total. The van der Waals surface area contributed by atoms with Gasteiger partial charge in [0.1, 0.15) is 0 Å². The minimum absolute atomic E-state index is 0.112. The Morgan fingerprint density at radius 3 is 2.87 bits per heavy atom. The molecule has 0 unspecified atom stereocenters. The number of hydrogen-bond acceptors (Lipinski definition) is 5. The molecule has 1 aromatic heterocycles. The summed E-state index contributed by atoms with van der Waals surface area (Å²) >= 11 is 1.69. The van der Waals surface area contributed by atoms with E-state index in [9.17, 15) is 4.79 Å². The van der Waals surface area contributed by atoms with Crippen molar-refractivity contribution in [1.82, 2.24) is 19.7 Å². The van der Waals surface area contributed by atoms with Crippen LogP contribution in [0.2, 0.25) is 0 Å². The maximum absolute atomic E-state index is 12.5. The molecule has 2 aliphatic heterocycles. The molecule has 0 aromatic carbocycles. The van der Waals surface area contributed by atoms with Crippen LogP contribution in [0.25, 0.3) is 0 Å². The highest BCUT2D eigenvalue weighted by Crippen LogP contribution is 2.33. The lowest BCUT2D eigenvalue weighted by Crippen LogP contribution is -2.55. The van der Waals surface area contributed by atoms with Gasteiger partial charge in [0.25, 0.3) is 0 Å². The molecule has 2 amide bonds. The predicted octanol–water partition coefficient (Wildman–Crippen LogP) is 1.65. The second-order valence-corrected chi connectivity index (χ2v) is 7.78. The summed E-state index contributed by atoms with van der Waals surface area (Å²) in [7, 11) is 5.44. The number of hydrogen-bond donors (Lipinski definition) is 0. The molecule has 128 valence electrons. The average Bonchev–Trinajstić information content (AvgIpc) is 3.11. The van der Waals surface area contributed by atoms with Crippen LogP contribution in [0.15, 0.2) is 5.38 Å². The Bertz CT molecular complexity index is 562. The van der Waals surface area contributed by atoms with E-state index in [1.807, 2.05) is 25.9 Å². The second kappa shape index (κ2) is 6.75. The molecule has 3 atom stereocenters. The van der Waals surface area contributed by atoms with Gasteiger partial charge in [-0.3, -0.25) is 4.90 Å². The molecule has 1 aromatic rings. The molecule has 3 heterocycles. The largest absolute Gasteiger partial charge is 0.381 e. The van der Waals surface area contributed by atoms with Crippen LogP contribution in [-0.4, -0.2) is 78.7 Å². The highest BCUT2D eigenvalue weighted by molar-refractivity contribution is 7.09. The lowest BCUT2D eigenvalue weighted by Gasteiger charge is -2.42. The Kier molecular flexibility index (Phi) is 4.89. The lowest BCUT2D eigenvalue weighted by molar-refractivity contribution is -0.0116. The van der Waals surface area contributed by atoms with Gasteiger partial charge in [-0.05, 0) is 13.3 Å². The van der Waals surface area contributed by atoms with Crippen molar-refractivity contribution >= 4 is 17.4 Å². The van der Waals surface area contributed by atoms with E-state index in [-0.39, 0.29) is 18.2 Å². The van der Waals surface area contributed by atoms with E-state index < -0.39 is 0 Å². The summed E-state index contributed by atoms with van der Waals surface area (Å²) in [5.41, 5.74) is 1.13. The predicted molar refractivity (Wildman–Crippen MR) is 90.6 cm³/mol. The summed E-state index contributed by atoms with van der Waals surface area (Å²) in [6.07, 6.45) is 1.16. The summed E-state index contributed by atoms with van der Waals surface area (Å²) in [6.45, 7) is 5.55. The molecule has 0 spiro atoms. The molecule has 0 radical (unpaired) electrons. The number of aromatic nitrogens is 1. The number of carbonyl (C=O) groups is 1. The molecular formula is C16H26N4O2S. The summed E-state index contributed by atoms with van der Waals surface area (Å²) in [4.78, 5) is 23.2. The van der Waals surface area contributed by atoms with E-state index in [1.54, 1.807) is 23.3 Å². The van der Waals surface area contributed by atoms with Gasteiger partial charge in [-0.15, -0.1) is 11.3 Å². The lowest BCUT2D eigenvalue weighted by atomic mass is 9.89. The van der Waals surface area contributed by atoms with E-state index >= 15 is 0 Å². The minimum atomic E-state index is 0.112. The number of rotatable bonds is 3. The quantitative estimate of drug-likeness (QED) is 0.841. The first kappa shape index (κ1) is 16.7. The maximum Gasteiger partial charge on any atom is 0.319 e. The number of ether oxygens (including phenoxy) is 1. The van der Waals surface area contributed by atoms with Gasteiger partial charge in [0.15, 0.2) is 0 Å². The van der Waals surface area contributed by atoms with Gasteiger partial charge in [0, 0.05) is 58.7 Å². The van der Waals surface area contributed by atoms with E-state index in [4.69, 9.17) is 4.74 Å². The average molecular weight is 338 g/mol. The number of nitrogens with zero attached hydrogens (tertiary/aromatic N) is 4. The zero-order chi connectivity index (χ0) is 16.6. The Balaban J connectivity index is 1.73. The fraction of sp³-hybridized carbons (Fsp3) is 0.750. The Morgan fingerprint density at radius 2 is 2.26 bits per heavy atom. The molecule has 2 fully saturated rings.